The number of para-hydroxylation sites is 1. The lowest BCUT2D eigenvalue weighted by Crippen LogP contribution is -2.44. The predicted octanol–water partition coefficient (Wildman–Crippen LogP) is 6.24. The molecule has 0 saturated carbocycles. The number of hydrogen-bond acceptors (Lipinski definition) is 6. The van der Waals surface area contributed by atoms with E-state index in [4.69, 9.17) is 9.15 Å². The number of rotatable bonds is 12. The molecule has 3 amide bonds. The third-order valence-electron chi connectivity index (χ3n) is 7.02. The molecular weight excluding hydrogens is 574 g/mol. The van der Waals surface area contributed by atoms with E-state index < -0.39 is 29.9 Å². The number of carbonyl (C=O) groups is 4. The molecule has 0 bridgehead atoms. The van der Waals surface area contributed by atoms with Crippen LogP contribution in [0.3, 0.4) is 0 Å². The predicted molar refractivity (Wildman–Crippen MR) is 169 cm³/mol. The van der Waals surface area contributed by atoms with Crippen molar-refractivity contribution in [1.29, 1.82) is 0 Å². The van der Waals surface area contributed by atoms with E-state index in [9.17, 15) is 24.3 Å². The minimum atomic E-state index is -1.02. The van der Waals surface area contributed by atoms with E-state index in [1.165, 1.54) is 6.07 Å². The SMILES string of the molecule is O=C(NCCC[C@H](NC(=O)c1cc2ccccc2o1)C(=O)Nc1ccc(-c2cccc(C(=O)O)c2)cc1)OCc1ccccc1. The minimum Gasteiger partial charge on any atom is -0.478 e. The minimum absolute atomic E-state index is 0.0737. The highest BCUT2D eigenvalue weighted by molar-refractivity contribution is 6.01. The summed E-state index contributed by atoms with van der Waals surface area (Å²) in [5, 5.41) is 18.3. The highest BCUT2D eigenvalue weighted by Crippen LogP contribution is 2.23. The molecule has 1 atom stereocenters. The molecule has 10 nitrogen and oxygen atoms in total. The van der Waals surface area contributed by atoms with Crippen LogP contribution in [0.2, 0.25) is 0 Å². The Labute approximate surface area is 259 Å². The summed E-state index contributed by atoms with van der Waals surface area (Å²) in [5.74, 6) is -1.94. The van der Waals surface area contributed by atoms with Crippen LogP contribution in [0.4, 0.5) is 10.5 Å². The number of ether oxygens (including phenoxy) is 1. The molecule has 0 saturated heterocycles. The van der Waals surface area contributed by atoms with Crippen molar-refractivity contribution in [1.82, 2.24) is 10.6 Å². The van der Waals surface area contributed by atoms with Crippen molar-refractivity contribution in [3.05, 3.63) is 126 Å². The van der Waals surface area contributed by atoms with Crippen LogP contribution in [-0.4, -0.2) is 41.6 Å². The molecule has 4 aromatic carbocycles. The van der Waals surface area contributed by atoms with Crippen LogP contribution in [0.5, 0.6) is 0 Å². The van der Waals surface area contributed by atoms with Crippen LogP contribution in [0.25, 0.3) is 22.1 Å². The first kappa shape index (κ1) is 30.6. The maximum atomic E-state index is 13.4. The van der Waals surface area contributed by atoms with Crippen molar-refractivity contribution in [2.45, 2.75) is 25.5 Å². The lowest BCUT2D eigenvalue weighted by molar-refractivity contribution is -0.118. The Balaban J connectivity index is 1.22. The number of nitrogens with one attached hydrogen (secondary N) is 3. The normalized spacial score (nSPS) is 11.4. The summed E-state index contributed by atoms with van der Waals surface area (Å²) in [4.78, 5) is 50.0. The Morgan fingerprint density at radius 2 is 1.56 bits per heavy atom. The van der Waals surface area contributed by atoms with Gasteiger partial charge >= 0.3 is 12.1 Å². The number of alkyl carbamates (subject to hydrolysis) is 1. The summed E-state index contributed by atoms with van der Waals surface area (Å²) in [5.41, 5.74) is 3.57. The van der Waals surface area contributed by atoms with Crippen LogP contribution in [0.15, 0.2) is 114 Å². The number of benzene rings is 4. The lowest BCUT2D eigenvalue weighted by atomic mass is 10.0. The molecule has 45 heavy (non-hydrogen) atoms. The number of amides is 3. The van der Waals surface area contributed by atoms with Crippen LogP contribution in [0.1, 0.15) is 39.3 Å². The van der Waals surface area contributed by atoms with Gasteiger partial charge in [-0.3, -0.25) is 9.59 Å². The summed E-state index contributed by atoms with van der Waals surface area (Å²) in [6.45, 7) is 0.358. The van der Waals surface area contributed by atoms with Crippen molar-refractivity contribution in [3.8, 4) is 11.1 Å². The first-order chi connectivity index (χ1) is 21.9. The average molecular weight is 606 g/mol. The molecule has 0 aliphatic rings. The third kappa shape index (κ3) is 8.35. The number of carbonyl (C=O) groups excluding carboxylic acids is 3. The van der Waals surface area contributed by atoms with Gasteiger partial charge in [0.2, 0.25) is 5.91 Å². The van der Waals surface area contributed by atoms with E-state index in [0.29, 0.717) is 17.7 Å². The van der Waals surface area contributed by atoms with Gasteiger partial charge in [-0.1, -0.05) is 72.8 Å². The van der Waals surface area contributed by atoms with Gasteiger partial charge in [-0.2, -0.15) is 0 Å². The number of furan rings is 1. The van der Waals surface area contributed by atoms with Crippen LogP contribution in [-0.2, 0) is 16.1 Å². The smallest absolute Gasteiger partial charge is 0.407 e. The van der Waals surface area contributed by atoms with E-state index in [-0.39, 0.29) is 30.9 Å². The van der Waals surface area contributed by atoms with Gasteiger partial charge in [0, 0.05) is 17.6 Å². The van der Waals surface area contributed by atoms with Crippen molar-refractivity contribution in [3.63, 3.8) is 0 Å². The van der Waals surface area contributed by atoms with Gasteiger partial charge in [0.25, 0.3) is 5.91 Å². The molecule has 0 aliphatic carbocycles. The van der Waals surface area contributed by atoms with E-state index in [2.05, 4.69) is 16.0 Å². The molecule has 228 valence electrons. The largest absolute Gasteiger partial charge is 0.478 e. The Morgan fingerprint density at radius 1 is 0.800 bits per heavy atom. The van der Waals surface area contributed by atoms with E-state index in [1.54, 1.807) is 60.7 Å². The molecular formula is C35H31N3O7. The molecule has 5 rings (SSSR count). The number of aromatic carboxylic acids is 1. The van der Waals surface area contributed by atoms with Gasteiger partial charge in [-0.05, 0) is 65.9 Å². The number of hydrogen-bond donors (Lipinski definition) is 4. The molecule has 0 radical (unpaired) electrons. The molecule has 0 spiro atoms. The maximum absolute atomic E-state index is 13.4. The first-order valence-electron chi connectivity index (χ1n) is 14.3. The third-order valence-corrected chi connectivity index (χ3v) is 7.02. The molecule has 0 unspecified atom stereocenters. The van der Waals surface area contributed by atoms with Gasteiger partial charge in [-0.25, -0.2) is 9.59 Å². The number of anilines is 1. The molecule has 10 heteroatoms. The Morgan fingerprint density at radius 3 is 2.31 bits per heavy atom. The van der Waals surface area contributed by atoms with Crippen LogP contribution in [0, 0.1) is 0 Å². The molecule has 5 aromatic rings. The fourth-order valence-electron chi connectivity index (χ4n) is 4.67. The van der Waals surface area contributed by atoms with E-state index in [1.807, 2.05) is 42.5 Å². The summed E-state index contributed by atoms with van der Waals surface area (Å²) in [6.07, 6.45) is 0.00869. The standard InChI is InChI=1S/C35H31N3O7/c39-32(37-28-17-15-24(16-18-28)25-11-6-12-27(20-25)34(41)42)29(38-33(40)31-21-26-10-4-5-14-30(26)45-31)13-7-19-36-35(43)44-22-23-8-2-1-3-9-23/h1-6,8-12,14-18,20-21,29H,7,13,19,22H2,(H,36,43)(H,37,39)(H,38,40)(H,41,42)/t29-/m0/s1. The van der Waals surface area contributed by atoms with Crippen molar-refractivity contribution < 1.29 is 33.4 Å². The quantitative estimate of drug-likeness (QED) is 0.123. The fourth-order valence-corrected chi connectivity index (χ4v) is 4.67. The van der Waals surface area contributed by atoms with Crippen molar-refractivity contribution in [2.24, 2.45) is 0 Å². The van der Waals surface area contributed by atoms with Gasteiger partial charge in [0.05, 0.1) is 5.56 Å². The topological polar surface area (TPSA) is 147 Å². The molecule has 1 heterocycles. The summed E-state index contributed by atoms with van der Waals surface area (Å²) < 4.78 is 10.9. The second-order valence-electron chi connectivity index (χ2n) is 10.3. The molecule has 0 aliphatic heterocycles. The van der Waals surface area contributed by atoms with Crippen molar-refractivity contribution in [2.75, 3.05) is 11.9 Å². The zero-order chi connectivity index (χ0) is 31.6. The summed E-state index contributed by atoms with van der Waals surface area (Å²) in [7, 11) is 0. The Hall–Kier alpha value is -5.90. The molecule has 4 N–H and O–H groups in total. The highest BCUT2D eigenvalue weighted by Gasteiger charge is 2.23. The van der Waals surface area contributed by atoms with Crippen LogP contribution < -0.4 is 16.0 Å². The van der Waals surface area contributed by atoms with Crippen molar-refractivity contribution >= 4 is 40.5 Å². The summed E-state index contributed by atoms with van der Waals surface area (Å²) >= 11 is 0. The highest BCUT2D eigenvalue weighted by atomic mass is 16.5. The second kappa shape index (κ2) is 14.5. The molecule has 1 aromatic heterocycles. The Kier molecular flexibility index (Phi) is 9.86. The van der Waals surface area contributed by atoms with Gasteiger partial charge < -0.3 is 30.2 Å². The lowest BCUT2D eigenvalue weighted by Gasteiger charge is -2.18. The second-order valence-corrected chi connectivity index (χ2v) is 10.3. The monoisotopic (exact) mass is 605 g/mol. The van der Waals surface area contributed by atoms with Gasteiger partial charge in [0.1, 0.15) is 18.2 Å². The zero-order valence-electron chi connectivity index (χ0n) is 24.2. The number of carboxylic acids is 1. The van der Waals surface area contributed by atoms with E-state index in [0.717, 1.165) is 22.1 Å². The molecule has 0 fully saturated rings. The summed E-state index contributed by atoms with van der Waals surface area (Å²) in [6, 6.07) is 30.7. The number of fused-ring (bicyclic) bond motifs is 1. The fraction of sp³-hybridized carbons (Fsp3) is 0.143. The van der Waals surface area contributed by atoms with Crippen LogP contribution >= 0.6 is 0 Å². The number of carboxylic acid groups (broad SMARTS) is 1. The van der Waals surface area contributed by atoms with E-state index >= 15 is 0 Å². The van der Waals surface area contributed by atoms with Gasteiger partial charge in [0.15, 0.2) is 5.76 Å². The maximum Gasteiger partial charge on any atom is 0.407 e. The zero-order valence-corrected chi connectivity index (χ0v) is 24.2. The first-order valence-corrected chi connectivity index (χ1v) is 14.3. The van der Waals surface area contributed by atoms with Gasteiger partial charge in [-0.15, -0.1) is 0 Å². The average Bonchev–Trinajstić information content (AvgIpc) is 3.51. The Bertz CT molecular complexity index is 1770.